The first-order valence-electron chi connectivity index (χ1n) is 6.31. The predicted molar refractivity (Wildman–Crippen MR) is 90.4 cm³/mol. The highest BCUT2D eigenvalue weighted by atomic mass is 127. The highest BCUT2D eigenvalue weighted by molar-refractivity contribution is 14.1. The van der Waals surface area contributed by atoms with E-state index in [1.54, 1.807) is 12.1 Å². The normalized spacial score (nSPS) is 11.6. The number of ether oxygens (including phenoxy) is 1. The van der Waals surface area contributed by atoms with Gasteiger partial charge in [0.2, 0.25) is 0 Å². The highest BCUT2D eigenvalue weighted by Gasteiger charge is 2.23. The molecule has 0 saturated heterocycles. The minimum absolute atomic E-state index is 0.156. The number of benzene rings is 1. The molecule has 0 aliphatic rings. The summed E-state index contributed by atoms with van der Waals surface area (Å²) in [5.74, 6) is 0.195. The summed E-state index contributed by atoms with van der Waals surface area (Å²) in [4.78, 5) is 8.89. The molecule has 2 aromatic rings. The zero-order valence-electron chi connectivity index (χ0n) is 12.2. The van der Waals surface area contributed by atoms with Crippen molar-refractivity contribution >= 4 is 34.2 Å². The molecule has 1 heterocycles. The molecular formula is C15H15ClFIN2O. The molecule has 0 radical (unpaired) electrons. The summed E-state index contributed by atoms with van der Waals surface area (Å²) >= 11 is 8.36. The molecule has 3 nitrogen and oxygen atoms in total. The third-order valence-electron chi connectivity index (χ3n) is 2.93. The molecule has 0 bridgehead atoms. The van der Waals surface area contributed by atoms with Crippen molar-refractivity contribution in [1.29, 1.82) is 0 Å². The van der Waals surface area contributed by atoms with Gasteiger partial charge in [-0.15, -0.1) is 0 Å². The molecule has 0 amide bonds. The standard InChI is InChI=1S/C15H15ClFIN2O/c1-15(2,3)12-11(18)13(16)20-14(19-12)8-5-6-9(17)10(7-8)21-4/h5-7H,1-4H3. The van der Waals surface area contributed by atoms with E-state index in [0.29, 0.717) is 16.5 Å². The van der Waals surface area contributed by atoms with Crippen LogP contribution in [0.1, 0.15) is 26.5 Å². The monoisotopic (exact) mass is 420 g/mol. The summed E-state index contributed by atoms with van der Waals surface area (Å²) in [5, 5.41) is 0.397. The first kappa shape index (κ1) is 16.4. The zero-order chi connectivity index (χ0) is 15.8. The minimum atomic E-state index is -0.422. The molecule has 0 saturated carbocycles. The van der Waals surface area contributed by atoms with Crippen LogP contribution in [0, 0.1) is 9.39 Å². The SMILES string of the molecule is COc1cc(-c2nc(Cl)c(I)c(C(C)(C)C)n2)ccc1F. The Kier molecular flexibility index (Phi) is 4.72. The largest absolute Gasteiger partial charge is 0.494 e. The van der Waals surface area contributed by atoms with Gasteiger partial charge in [0.25, 0.3) is 0 Å². The average molecular weight is 421 g/mol. The Hall–Kier alpha value is -0.950. The second-order valence-electron chi connectivity index (χ2n) is 5.60. The summed E-state index contributed by atoms with van der Waals surface area (Å²) in [5.41, 5.74) is 1.36. The van der Waals surface area contributed by atoms with E-state index in [4.69, 9.17) is 16.3 Å². The van der Waals surface area contributed by atoms with Crippen LogP contribution in [0.3, 0.4) is 0 Å². The summed E-state index contributed by atoms with van der Waals surface area (Å²) in [7, 11) is 1.42. The van der Waals surface area contributed by atoms with Gasteiger partial charge in [-0.2, -0.15) is 0 Å². The van der Waals surface area contributed by atoms with Crippen LogP contribution in [-0.2, 0) is 5.41 Å². The van der Waals surface area contributed by atoms with Gasteiger partial charge in [-0.3, -0.25) is 0 Å². The van der Waals surface area contributed by atoms with Crippen LogP contribution in [0.5, 0.6) is 5.75 Å². The van der Waals surface area contributed by atoms with Crippen LogP contribution in [-0.4, -0.2) is 17.1 Å². The molecule has 0 spiro atoms. The molecule has 0 atom stereocenters. The van der Waals surface area contributed by atoms with E-state index in [2.05, 4.69) is 53.3 Å². The van der Waals surface area contributed by atoms with Crippen molar-refractivity contribution in [3.63, 3.8) is 0 Å². The number of methoxy groups -OCH3 is 1. The van der Waals surface area contributed by atoms with Crippen LogP contribution in [0.2, 0.25) is 5.15 Å². The van der Waals surface area contributed by atoms with Gasteiger partial charge in [-0.1, -0.05) is 32.4 Å². The van der Waals surface area contributed by atoms with Crippen molar-refractivity contribution in [2.75, 3.05) is 7.11 Å². The maximum atomic E-state index is 13.5. The lowest BCUT2D eigenvalue weighted by Gasteiger charge is -2.20. The Morgan fingerprint density at radius 1 is 1.24 bits per heavy atom. The average Bonchev–Trinajstić information content (AvgIpc) is 2.41. The number of hydrogen-bond donors (Lipinski definition) is 0. The second kappa shape index (κ2) is 6.04. The van der Waals surface area contributed by atoms with E-state index in [-0.39, 0.29) is 11.2 Å². The molecule has 21 heavy (non-hydrogen) atoms. The maximum Gasteiger partial charge on any atom is 0.165 e. The number of nitrogens with zero attached hydrogens (tertiary/aromatic N) is 2. The van der Waals surface area contributed by atoms with Gasteiger partial charge >= 0.3 is 0 Å². The lowest BCUT2D eigenvalue weighted by atomic mass is 9.92. The molecule has 0 aliphatic carbocycles. The van der Waals surface area contributed by atoms with E-state index >= 15 is 0 Å². The fourth-order valence-electron chi connectivity index (χ4n) is 1.84. The summed E-state index contributed by atoms with van der Waals surface area (Å²) in [6, 6.07) is 4.52. The van der Waals surface area contributed by atoms with Crippen LogP contribution < -0.4 is 4.74 Å². The van der Waals surface area contributed by atoms with Crippen LogP contribution >= 0.6 is 34.2 Å². The fraction of sp³-hybridized carbons (Fsp3) is 0.333. The Balaban J connectivity index is 2.62. The Labute approximate surface area is 142 Å². The van der Waals surface area contributed by atoms with E-state index < -0.39 is 5.82 Å². The van der Waals surface area contributed by atoms with Crippen molar-refractivity contribution in [1.82, 2.24) is 9.97 Å². The molecule has 0 aliphatic heterocycles. The molecular weight excluding hydrogens is 406 g/mol. The van der Waals surface area contributed by atoms with E-state index in [9.17, 15) is 4.39 Å². The van der Waals surface area contributed by atoms with Gasteiger partial charge in [-0.25, -0.2) is 14.4 Å². The van der Waals surface area contributed by atoms with Gasteiger partial charge in [0.05, 0.1) is 16.4 Å². The third-order valence-corrected chi connectivity index (χ3v) is 4.54. The predicted octanol–water partition coefficient (Wildman–Crippen LogP) is 4.85. The summed E-state index contributed by atoms with van der Waals surface area (Å²) in [6.07, 6.45) is 0. The van der Waals surface area contributed by atoms with Gasteiger partial charge in [0.15, 0.2) is 17.4 Å². The van der Waals surface area contributed by atoms with Crippen molar-refractivity contribution in [2.45, 2.75) is 26.2 Å². The van der Waals surface area contributed by atoms with Crippen molar-refractivity contribution in [3.8, 4) is 17.1 Å². The van der Waals surface area contributed by atoms with Gasteiger partial charge < -0.3 is 4.74 Å². The molecule has 1 aromatic heterocycles. The molecule has 0 fully saturated rings. The van der Waals surface area contributed by atoms with Crippen molar-refractivity contribution < 1.29 is 9.13 Å². The molecule has 2 rings (SSSR count). The fourth-order valence-corrected chi connectivity index (χ4v) is 3.06. The van der Waals surface area contributed by atoms with Crippen LogP contribution in [0.25, 0.3) is 11.4 Å². The van der Waals surface area contributed by atoms with E-state index in [1.165, 1.54) is 13.2 Å². The third kappa shape index (κ3) is 3.45. The smallest absolute Gasteiger partial charge is 0.165 e. The maximum absolute atomic E-state index is 13.5. The van der Waals surface area contributed by atoms with E-state index in [1.807, 2.05) is 0 Å². The quantitative estimate of drug-likeness (QED) is 0.515. The number of aromatic nitrogens is 2. The second-order valence-corrected chi connectivity index (χ2v) is 7.04. The highest BCUT2D eigenvalue weighted by Crippen LogP contribution is 2.32. The first-order valence-corrected chi connectivity index (χ1v) is 7.77. The zero-order valence-corrected chi connectivity index (χ0v) is 15.1. The van der Waals surface area contributed by atoms with Gasteiger partial charge in [0.1, 0.15) is 5.15 Å². The summed E-state index contributed by atoms with van der Waals surface area (Å²) in [6.45, 7) is 6.18. The topological polar surface area (TPSA) is 35.0 Å². The lowest BCUT2D eigenvalue weighted by Crippen LogP contribution is -2.17. The Morgan fingerprint density at radius 3 is 2.48 bits per heavy atom. The number of hydrogen-bond acceptors (Lipinski definition) is 3. The molecule has 112 valence electrons. The minimum Gasteiger partial charge on any atom is -0.494 e. The molecule has 6 heteroatoms. The van der Waals surface area contributed by atoms with Crippen molar-refractivity contribution in [3.05, 3.63) is 38.4 Å². The Bertz CT molecular complexity index is 686. The first-order chi connectivity index (χ1) is 9.74. The molecule has 0 unspecified atom stereocenters. The van der Waals surface area contributed by atoms with Crippen LogP contribution in [0.4, 0.5) is 4.39 Å². The Morgan fingerprint density at radius 2 is 1.90 bits per heavy atom. The summed E-state index contributed by atoms with van der Waals surface area (Å²) < 4.78 is 19.3. The van der Waals surface area contributed by atoms with Gasteiger partial charge in [-0.05, 0) is 40.8 Å². The van der Waals surface area contributed by atoms with E-state index in [0.717, 1.165) is 9.26 Å². The molecule has 1 aromatic carbocycles. The van der Waals surface area contributed by atoms with Crippen molar-refractivity contribution in [2.24, 2.45) is 0 Å². The number of halogens is 3. The number of rotatable bonds is 2. The van der Waals surface area contributed by atoms with Gasteiger partial charge in [0, 0.05) is 11.0 Å². The lowest BCUT2D eigenvalue weighted by molar-refractivity contribution is 0.386. The van der Waals surface area contributed by atoms with Crippen LogP contribution in [0.15, 0.2) is 18.2 Å². The molecule has 0 N–H and O–H groups in total.